The van der Waals surface area contributed by atoms with Gasteiger partial charge in [0.25, 0.3) is 0 Å². The third-order valence-electron chi connectivity index (χ3n) is 1.80. The van der Waals surface area contributed by atoms with Gasteiger partial charge in [0.15, 0.2) is 11.5 Å². The van der Waals surface area contributed by atoms with Crippen LogP contribution in [0.25, 0.3) is 11.4 Å². The van der Waals surface area contributed by atoms with E-state index >= 15 is 0 Å². The molecule has 2 aromatic heterocycles. The van der Waals surface area contributed by atoms with Gasteiger partial charge in [-0.05, 0) is 0 Å². The molecule has 0 unspecified atom stereocenters. The third-order valence-corrected chi connectivity index (χ3v) is 1.80. The third kappa shape index (κ3) is 1.70. The molecule has 0 aliphatic heterocycles. The maximum Gasteiger partial charge on any atom is 0.357 e. The van der Waals surface area contributed by atoms with Crippen LogP contribution in [0.2, 0.25) is 0 Å². The van der Waals surface area contributed by atoms with Crippen LogP contribution in [0.5, 0.6) is 0 Å². The summed E-state index contributed by atoms with van der Waals surface area (Å²) in [6.45, 7) is 0. The SMILES string of the molecule is O=C(O)c1ncnc(-c2cnccn2)c1F. The maximum absolute atomic E-state index is 13.6. The topological polar surface area (TPSA) is 88.9 Å². The summed E-state index contributed by atoms with van der Waals surface area (Å²) >= 11 is 0. The van der Waals surface area contributed by atoms with Crippen LogP contribution in [0, 0.1) is 5.82 Å². The van der Waals surface area contributed by atoms with Crippen LogP contribution in [-0.2, 0) is 0 Å². The lowest BCUT2D eigenvalue weighted by Gasteiger charge is -2.01. The van der Waals surface area contributed by atoms with Crippen LogP contribution in [0.15, 0.2) is 24.9 Å². The second kappa shape index (κ2) is 3.97. The van der Waals surface area contributed by atoms with Crippen molar-refractivity contribution in [1.29, 1.82) is 0 Å². The zero-order valence-electron chi connectivity index (χ0n) is 7.83. The summed E-state index contributed by atoms with van der Waals surface area (Å²) in [5.41, 5.74) is -0.707. The highest BCUT2D eigenvalue weighted by Crippen LogP contribution is 2.17. The van der Waals surface area contributed by atoms with Crippen molar-refractivity contribution in [3.8, 4) is 11.4 Å². The smallest absolute Gasteiger partial charge is 0.357 e. The number of aromatic carboxylic acids is 1. The number of aromatic nitrogens is 4. The van der Waals surface area contributed by atoms with Gasteiger partial charge >= 0.3 is 5.97 Å². The summed E-state index contributed by atoms with van der Waals surface area (Å²) in [5.74, 6) is -2.47. The van der Waals surface area contributed by atoms with Crippen molar-refractivity contribution in [3.63, 3.8) is 0 Å². The molecular formula is C9H5FN4O2. The highest BCUT2D eigenvalue weighted by atomic mass is 19.1. The summed E-state index contributed by atoms with van der Waals surface area (Å²) in [5, 5.41) is 8.67. The van der Waals surface area contributed by atoms with E-state index in [1.807, 2.05) is 0 Å². The Bertz CT molecular complexity index is 532. The molecule has 2 aromatic rings. The fourth-order valence-electron chi connectivity index (χ4n) is 1.12. The molecular weight excluding hydrogens is 215 g/mol. The number of hydrogen-bond donors (Lipinski definition) is 1. The highest BCUT2D eigenvalue weighted by molar-refractivity contribution is 5.86. The molecule has 1 N–H and O–H groups in total. The van der Waals surface area contributed by atoms with Crippen LogP contribution in [0.4, 0.5) is 4.39 Å². The van der Waals surface area contributed by atoms with Gasteiger partial charge < -0.3 is 5.11 Å². The molecule has 0 aliphatic carbocycles. The zero-order chi connectivity index (χ0) is 11.5. The number of halogens is 1. The van der Waals surface area contributed by atoms with Gasteiger partial charge in [-0.25, -0.2) is 19.2 Å². The van der Waals surface area contributed by atoms with Crippen molar-refractivity contribution in [3.05, 3.63) is 36.4 Å². The first-order valence-electron chi connectivity index (χ1n) is 4.20. The van der Waals surface area contributed by atoms with E-state index in [9.17, 15) is 9.18 Å². The highest BCUT2D eigenvalue weighted by Gasteiger charge is 2.18. The minimum atomic E-state index is -1.45. The van der Waals surface area contributed by atoms with E-state index in [0.29, 0.717) is 0 Å². The molecule has 0 saturated heterocycles. The van der Waals surface area contributed by atoms with Crippen molar-refractivity contribution in [1.82, 2.24) is 19.9 Å². The van der Waals surface area contributed by atoms with Gasteiger partial charge in [-0.2, -0.15) is 0 Å². The molecule has 0 aromatic carbocycles. The number of hydrogen-bond acceptors (Lipinski definition) is 5. The molecule has 80 valence electrons. The van der Waals surface area contributed by atoms with E-state index in [1.54, 1.807) is 0 Å². The number of rotatable bonds is 2. The van der Waals surface area contributed by atoms with E-state index in [0.717, 1.165) is 6.33 Å². The van der Waals surface area contributed by atoms with Crippen molar-refractivity contribution in [2.45, 2.75) is 0 Å². The molecule has 0 saturated carbocycles. The largest absolute Gasteiger partial charge is 0.476 e. The normalized spacial score (nSPS) is 10.1. The molecule has 2 heterocycles. The van der Waals surface area contributed by atoms with Gasteiger partial charge in [0.2, 0.25) is 0 Å². The second-order valence-corrected chi connectivity index (χ2v) is 2.78. The Morgan fingerprint density at radius 3 is 2.69 bits per heavy atom. The standard InChI is InChI=1S/C9H5FN4O2/c10-6-7(5-3-11-1-2-12-5)13-4-14-8(6)9(15)16/h1-4H,(H,15,16). The minimum absolute atomic E-state index is 0.157. The van der Waals surface area contributed by atoms with E-state index in [1.165, 1.54) is 18.6 Å². The predicted molar refractivity (Wildman–Crippen MR) is 50.0 cm³/mol. The fourth-order valence-corrected chi connectivity index (χ4v) is 1.12. The molecule has 16 heavy (non-hydrogen) atoms. The number of carboxylic acids is 1. The first-order chi connectivity index (χ1) is 7.70. The monoisotopic (exact) mass is 220 g/mol. The molecule has 0 spiro atoms. The number of nitrogens with zero attached hydrogens (tertiary/aromatic N) is 4. The van der Waals surface area contributed by atoms with Gasteiger partial charge in [-0.3, -0.25) is 9.97 Å². The van der Waals surface area contributed by atoms with Gasteiger partial charge in [-0.1, -0.05) is 0 Å². The lowest BCUT2D eigenvalue weighted by Crippen LogP contribution is -2.07. The van der Waals surface area contributed by atoms with Crippen molar-refractivity contribution in [2.24, 2.45) is 0 Å². The Kier molecular flexibility index (Phi) is 2.50. The first-order valence-corrected chi connectivity index (χ1v) is 4.20. The quantitative estimate of drug-likeness (QED) is 0.804. The average molecular weight is 220 g/mol. The summed E-state index contributed by atoms with van der Waals surface area (Å²) in [4.78, 5) is 25.2. The van der Waals surface area contributed by atoms with Crippen LogP contribution < -0.4 is 0 Å². The molecule has 0 aliphatic rings. The lowest BCUT2D eigenvalue weighted by atomic mass is 10.2. The first kappa shape index (κ1) is 10.1. The van der Waals surface area contributed by atoms with Crippen molar-refractivity contribution >= 4 is 5.97 Å². The number of carboxylic acid groups (broad SMARTS) is 1. The molecule has 2 rings (SSSR count). The van der Waals surface area contributed by atoms with E-state index in [-0.39, 0.29) is 11.4 Å². The van der Waals surface area contributed by atoms with Gasteiger partial charge in [0.05, 0.1) is 6.20 Å². The van der Waals surface area contributed by atoms with Gasteiger partial charge in [0.1, 0.15) is 17.7 Å². The summed E-state index contributed by atoms with van der Waals surface area (Å²) in [6.07, 6.45) is 5.03. The Balaban J connectivity index is 2.59. The Morgan fingerprint density at radius 2 is 2.06 bits per heavy atom. The second-order valence-electron chi connectivity index (χ2n) is 2.78. The van der Waals surface area contributed by atoms with Gasteiger partial charge in [-0.15, -0.1) is 0 Å². The summed E-state index contributed by atoms with van der Waals surface area (Å²) in [6, 6.07) is 0. The summed E-state index contributed by atoms with van der Waals surface area (Å²) in [7, 11) is 0. The lowest BCUT2D eigenvalue weighted by molar-refractivity contribution is 0.0684. The van der Waals surface area contributed by atoms with Crippen molar-refractivity contribution in [2.75, 3.05) is 0 Å². The number of carbonyl (C=O) groups is 1. The van der Waals surface area contributed by atoms with Crippen LogP contribution in [-0.4, -0.2) is 31.0 Å². The summed E-state index contributed by atoms with van der Waals surface area (Å²) < 4.78 is 13.6. The molecule has 0 amide bonds. The van der Waals surface area contributed by atoms with E-state index in [4.69, 9.17) is 5.11 Å². The van der Waals surface area contributed by atoms with Crippen LogP contribution in [0.1, 0.15) is 10.5 Å². The van der Waals surface area contributed by atoms with Crippen molar-refractivity contribution < 1.29 is 14.3 Å². The molecule has 0 atom stereocenters. The average Bonchev–Trinajstić information content (AvgIpc) is 2.30. The predicted octanol–water partition coefficient (Wildman–Crippen LogP) is 0.771. The maximum atomic E-state index is 13.6. The molecule has 0 radical (unpaired) electrons. The zero-order valence-corrected chi connectivity index (χ0v) is 7.83. The Hall–Kier alpha value is -2.44. The molecule has 0 bridgehead atoms. The fraction of sp³-hybridized carbons (Fsp3) is 0. The van der Waals surface area contributed by atoms with E-state index < -0.39 is 17.5 Å². The molecule has 6 nitrogen and oxygen atoms in total. The minimum Gasteiger partial charge on any atom is -0.476 e. The van der Waals surface area contributed by atoms with Gasteiger partial charge in [0, 0.05) is 12.4 Å². The Labute approximate surface area is 88.9 Å². The molecule has 7 heteroatoms. The van der Waals surface area contributed by atoms with E-state index in [2.05, 4.69) is 19.9 Å². The Morgan fingerprint density at radius 1 is 1.25 bits per heavy atom. The van der Waals surface area contributed by atoms with Crippen LogP contribution in [0.3, 0.4) is 0 Å². The van der Waals surface area contributed by atoms with Crippen LogP contribution >= 0.6 is 0 Å². The molecule has 0 fully saturated rings.